The minimum atomic E-state index is -0.103. The summed E-state index contributed by atoms with van der Waals surface area (Å²) in [4.78, 5) is 1.43. The molecule has 0 saturated carbocycles. The van der Waals surface area contributed by atoms with Gasteiger partial charge in [0.05, 0.1) is 0 Å². The zero-order valence-corrected chi connectivity index (χ0v) is 13.7. The SMILES string of the molecule is CCCNC(CCCc1cccs1)c1ccc(C)c(F)c1. The van der Waals surface area contributed by atoms with Gasteiger partial charge in [-0.3, -0.25) is 0 Å². The fourth-order valence-electron chi connectivity index (χ4n) is 2.47. The Hall–Kier alpha value is -1.19. The molecule has 0 saturated heterocycles. The van der Waals surface area contributed by atoms with E-state index in [2.05, 4.69) is 35.8 Å². The van der Waals surface area contributed by atoms with Crippen molar-refractivity contribution < 1.29 is 4.39 Å². The standard InChI is InChI=1S/C18H24FNS/c1-3-11-20-18(8-4-6-16-7-5-12-21-16)15-10-9-14(2)17(19)13-15/h5,7,9-10,12-13,18,20H,3-4,6,8,11H2,1-2H3. The second-order valence-electron chi connectivity index (χ2n) is 5.49. The topological polar surface area (TPSA) is 12.0 Å². The van der Waals surface area contributed by atoms with Crippen molar-refractivity contribution in [2.75, 3.05) is 6.54 Å². The summed E-state index contributed by atoms with van der Waals surface area (Å²) in [5.41, 5.74) is 1.78. The van der Waals surface area contributed by atoms with Gasteiger partial charge in [-0.15, -0.1) is 11.3 Å². The number of hydrogen-bond donors (Lipinski definition) is 1. The van der Waals surface area contributed by atoms with Crippen molar-refractivity contribution in [2.24, 2.45) is 0 Å². The maximum Gasteiger partial charge on any atom is 0.126 e. The molecule has 1 aromatic heterocycles. The summed E-state index contributed by atoms with van der Waals surface area (Å²) in [6.07, 6.45) is 4.36. The Bertz CT molecular complexity index is 536. The minimum Gasteiger partial charge on any atom is -0.310 e. The quantitative estimate of drug-likeness (QED) is 0.701. The Labute approximate surface area is 131 Å². The van der Waals surface area contributed by atoms with Crippen LogP contribution in [0.15, 0.2) is 35.7 Å². The first kappa shape index (κ1) is 16.2. The lowest BCUT2D eigenvalue weighted by Crippen LogP contribution is -2.22. The lowest BCUT2D eigenvalue weighted by Gasteiger charge is -2.19. The van der Waals surface area contributed by atoms with Crippen LogP contribution < -0.4 is 5.32 Å². The average molecular weight is 305 g/mol. The molecule has 1 aromatic carbocycles. The van der Waals surface area contributed by atoms with E-state index in [0.29, 0.717) is 5.56 Å². The van der Waals surface area contributed by atoms with E-state index < -0.39 is 0 Å². The Morgan fingerprint density at radius 3 is 2.81 bits per heavy atom. The molecule has 21 heavy (non-hydrogen) atoms. The Morgan fingerprint density at radius 1 is 1.29 bits per heavy atom. The number of rotatable bonds is 8. The predicted molar refractivity (Wildman–Crippen MR) is 89.4 cm³/mol. The van der Waals surface area contributed by atoms with Crippen LogP contribution in [0.1, 0.15) is 48.2 Å². The van der Waals surface area contributed by atoms with Crippen LogP contribution in [0, 0.1) is 12.7 Å². The highest BCUT2D eigenvalue weighted by Crippen LogP contribution is 2.23. The maximum atomic E-state index is 13.8. The maximum absolute atomic E-state index is 13.8. The number of aryl methyl sites for hydroxylation is 2. The van der Waals surface area contributed by atoms with Crippen LogP contribution in [0.25, 0.3) is 0 Å². The van der Waals surface area contributed by atoms with Crippen LogP contribution in [-0.2, 0) is 6.42 Å². The van der Waals surface area contributed by atoms with E-state index in [0.717, 1.165) is 37.8 Å². The smallest absolute Gasteiger partial charge is 0.126 e. The highest BCUT2D eigenvalue weighted by Gasteiger charge is 2.12. The molecular weight excluding hydrogens is 281 g/mol. The molecule has 1 atom stereocenters. The van der Waals surface area contributed by atoms with Gasteiger partial charge < -0.3 is 5.32 Å². The van der Waals surface area contributed by atoms with Gasteiger partial charge >= 0.3 is 0 Å². The summed E-state index contributed by atoms with van der Waals surface area (Å²) in [6, 6.07) is 10.2. The lowest BCUT2D eigenvalue weighted by atomic mass is 9.99. The van der Waals surface area contributed by atoms with Crippen LogP contribution in [0.3, 0.4) is 0 Å². The van der Waals surface area contributed by atoms with Gasteiger partial charge in [-0.05, 0) is 67.8 Å². The summed E-state index contributed by atoms with van der Waals surface area (Å²) in [6.45, 7) is 4.94. The van der Waals surface area contributed by atoms with Gasteiger partial charge in [-0.1, -0.05) is 25.1 Å². The average Bonchev–Trinajstić information content (AvgIpc) is 2.99. The predicted octanol–water partition coefficient (Wildman–Crippen LogP) is 5.26. The van der Waals surface area contributed by atoms with Crippen LogP contribution in [0.4, 0.5) is 4.39 Å². The summed E-state index contributed by atoms with van der Waals surface area (Å²) in [7, 11) is 0. The van der Waals surface area contributed by atoms with Gasteiger partial charge in [0.15, 0.2) is 0 Å². The third-order valence-electron chi connectivity index (χ3n) is 3.74. The first-order valence-corrected chi connectivity index (χ1v) is 8.60. The molecule has 0 bridgehead atoms. The molecule has 0 spiro atoms. The van der Waals surface area contributed by atoms with Crippen molar-refractivity contribution in [3.05, 3.63) is 57.5 Å². The van der Waals surface area contributed by atoms with E-state index >= 15 is 0 Å². The fourth-order valence-corrected chi connectivity index (χ4v) is 3.22. The summed E-state index contributed by atoms with van der Waals surface area (Å²) < 4.78 is 13.8. The van der Waals surface area contributed by atoms with Crippen molar-refractivity contribution in [3.8, 4) is 0 Å². The molecule has 2 aromatic rings. The highest BCUT2D eigenvalue weighted by molar-refractivity contribution is 7.09. The van der Waals surface area contributed by atoms with Gasteiger partial charge in [-0.2, -0.15) is 0 Å². The first-order valence-electron chi connectivity index (χ1n) is 7.72. The molecule has 1 nitrogen and oxygen atoms in total. The summed E-state index contributed by atoms with van der Waals surface area (Å²) >= 11 is 1.81. The second kappa shape index (κ2) is 8.30. The van der Waals surface area contributed by atoms with Crippen molar-refractivity contribution >= 4 is 11.3 Å². The molecule has 1 heterocycles. The molecule has 2 rings (SSSR count). The van der Waals surface area contributed by atoms with Gasteiger partial charge in [0.2, 0.25) is 0 Å². The van der Waals surface area contributed by atoms with Crippen molar-refractivity contribution in [2.45, 2.75) is 45.6 Å². The number of nitrogens with one attached hydrogen (secondary N) is 1. The van der Waals surface area contributed by atoms with Crippen molar-refractivity contribution in [1.82, 2.24) is 5.32 Å². The molecule has 0 aliphatic heterocycles. The van der Waals surface area contributed by atoms with Gasteiger partial charge in [0.25, 0.3) is 0 Å². The first-order chi connectivity index (χ1) is 10.2. The van der Waals surface area contributed by atoms with E-state index in [1.807, 2.05) is 24.3 Å². The highest BCUT2D eigenvalue weighted by atomic mass is 32.1. The third-order valence-corrected chi connectivity index (χ3v) is 4.67. The number of halogens is 1. The molecule has 0 fully saturated rings. The second-order valence-corrected chi connectivity index (χ2v) is 6.52. The lowest BCUT2D eigenvalue weighted by molar-refractivity contribution is 0.481. The van der Waals surface area contributed by atoms with Crippen LogP contribution in [0.5, 0.6) is 0 Å². The number of thiophene rings is 1. The molecule has 114 valence electrons. The zero-order valence-electron chi connectivity index (χ0n) is 12.9. The molecule has 1 N–H and O–H groups in total. The summed E-state index contributed by atoms with van der Waals surface area (Å²) in [5, 5.41) is 5.67. The number of hydrogen-bond acceptors (Lipinski definition) is 2. The van der Waals surface area contributed by atoms with Gasteiger partial charge in [0.1, 0.15) is 5.82 Å². The van der Waals surface area contributed by atoms with E-state index in [4.69, 9.17) is 0 Å². The van der Waals surface area contributed by atoms with E-state index in [1.165, 1.54) is 4.88 Å². The Balaban J connectivity index is 1.97. The molecule has 0 aliphatic carbocycles. The van der Waals surface area contributed by atoms with Crippen LogP contribution >= 0.6 is 11.3 Å². The van der Waals surface area contributed by atoms with Crippen molar-refractivity contribution in [3.63, 3.8) is 0 Å². The zero-order chi connectivity index (χ0) is 15.1. The van der Waals surface area contributed by atoms with E-state index in [-0.39, 0.29) is 11.9 Å². The van der Waals surface area contributed by atoms with E-state index in [1.54, 1.807) is 6.07 Å². The van der Waals surface area contributed by atoms with Gasteiger partial charge in [0, 0.05) is 10.9 Å². The fraction of sp³-hybridized carbons (Fsp3) is 0.444. The largest absolute Gasteiger partial charge is 0.310 e. The monoisotopic (exact) mass is 305 g/mol. The van der Waals surface area contributed by atoms with Gasteiger partial charge in [-0.25, -0.2) is 4.39 Å². The minimum absolute atomic E-state index is 0.103. The molecule has 0 amide bonds. The Morgan fingerprint density at radius 2 is 2.14 bits per heavy atom. The molecule has 3 heteroatoms. The van der Waals surface area contributed by atoms with E-state index in [9.17, 15) is 4.39 Å². The van der Waals surface area contributed by atoms with Crippen LogP contribution in [0.2, 0.25) is 0 Å². The Kier molecular flexibility index (Phi) is 6.40. The molecule has 0 aliphatic rings. The summed E-state index contributed by atoms with van der Waals surface area (Å²) in [5.74, 6) is -0.103. The van der Waals surface area contributed by atoms with Crippen molar-refractivity contribution in [1.29, 1.82) is 0 Å². The molecule has 1 unspecified atom stereocenters. The normalized spacial score (nSPS) is 12.5. The number of benzene rings is 1. The third kappa shape index (κ3) is 4.94. The molecule has 0 radical (unpaired) electrons. The van der Waals surface area contributed by atoms with Crippen LogP contribution in [-0.4, -0.2) is 6.54 Å². The molecular formula is C18H24FNS.